The molecule has 30 heavy (non-hydrogen) atoms. The number of carbonyl (C=O) groups is 1. The quantitative estimate of drug-likeness (QED) is 0.373. The molecule has 0 radical (unpaired) electrons. The largest absolute Gasteiger partial charge is 0.493 e. The molecular weight excluding hydrogens is 396 g/mol. The van der Waals surface area contributed by atoms with Crippen LogP contribution in [0, 0.1) is 24.0 Å². The number of nitrogens with zero attached hydrogens (tertiary/aromatic N) is 2. The van der Waals surface area contributed by atoms with Gasteiger partial charge >= 0.3 is 0 Å². The van der Waals surface area contributed by atoms with E-state index in [4.69, 9.17) is 10.1 Å². The lowest BCUT2D eigenvalue weighted by atomic mass is 10.2. The molecule has 1 amide bonds. The second-order valence-corrected chi connectivity index (χ2v) is 6.08. The molecule has 0 fully saturated rings. The molecule has 2 rings (SSSR count). The van der Waals surface area contributed by atoms with Crippen molar-refractivity contribution in [2.45, 2.75) is 13.5 Å². The molecule has 0 saturated carbocycles. The van der Waals surface area contributed by atoms with Gasteiger partial charge in [0.2, 0.25) is 11.9 Å². The van der Waals surface area contributed by atoms with Crippen LogP contribution in [0.5, 0.6) is 5.75 Å². The van der Waals surface area contributed by atoms with Gasteiger partial charge in [0.25, 0.3) is 0 Å². The van der Waals surface area contributed by atoms with E-state index in [0.717, 1.165) is 12.3 Å². The Balaban J connectivity index is 2.13. The SMILES string of the molecule is CNC(=O)CN/C=C(\C=N)Nc1ncc(C)c(NCc2cc(F)cc(F)c2OC)n1. The summed E-state index contributed by atoms with van der Waals surface area (Å²) in [5.41, 5.74) is 1.32. The van der Waals surface area contributed by atoms with Crippen LogP contribution in [-0.2, 0) is 11.3 Å². The molecule has 0 aliphatic rings. The normalized spacial score (nSPS) is 10.9. The molecule has 0 aliphatic carbocycles. The Bertz CT molecular complexity index is 951. The molecule has 0 saturated heterocycles. The van der Waals surface area contributed by atoms with Gasteiger partial charge in [-0.05, 0) is 13.0 Å². The fourth-order valence-corrected chi connectivity index (χ4v) is 2.42. The van der Waals surface area contributed by atoms with Crippen LogP contribution in [0.25, 0.3) is 0 Å². The molecule has 0 bridgehead atoms. The van der Waals surface area contributed by atoms with Crippen molar-refractivity contribution in [2.24, 2.45) is 0 Å². The van der Waals surface area contributed by atoms with Crippen LogP contribution in [0.2, 0.25) is 0 Å². The van der Waals surface area contributed by atoms with Crippen molar-refractivity contribution < 1.29 is 18.3 Å². The molecular formula is C19H23F2N7O2. The Kier molecular flexibility index (Phi) is 8.03. The number of hydrogen-bond acceptors (Lipinski definition) is 8. The van der Waals surface area contributed by atoms with E-state index in [9.17, 15) is 13.6 Å². The third-order valence-electron chi connectivity index (χ3n) is 3.92. The van der Waals surface area contributed by atoms with Gasteiger partial charge in [-0.2, -0.15) is 4.98 Å². The monoisotopic (exact) mass is 419 g/mol. The molecule has 5 N–H and O–H groups in total. The Morgan fingerprint density at radius 2 is 2.10 bits per heavy atom. The number of aryl methyl sites for hydroxylation is 1. The smallest absolute Gasteiger partial charge is 0.239 e. The fraction of sp³-hybridized carbons (Fsp3) is 0.263. The molecule has 0 atom stereocenters. The number of amides is 1. The zero-order valence-electron chi connectivity index (χ0n) is 16.8. The molecule has 1 heterocycles. The molecule has 2 aromatic rings. The molecule has 0 unspecified atom stereocenters. The first kappa shape index (κ1) is 22.5. The molecule has 1 aromatic carbocycles. The van der Waals surface area contributed by atoms with E-state index in [-0.39, 0.29) is 30.7 Å². The zero-order valence-corrected chi connectivity index (χ0v) is 16.8. The lowest BCUT2D eigenvalue weighted by molar-refractivity contribution is -0.119. The van der Waals surface area contributed by atoms with Crippen LogP contribution in [-0.4, -0.2) is 42.8 Å². The van der Waals surface area contributed by atoms with E-state index in [1.54, 1.807) is 13.1 Å². The van der Waals surface area contributed by atoms with Gasteiger partial charge in [0, 0.05) is 49.4 Å². The summed E-state index contributed by atoms with van der Waals surface area (Å²) < 4.78 is 32.4. The Morgan fingerprint density at radius 1 is 1.33 bits per heavy atom. The van der Waals surface area contributed by atoms with Gasteiger partial charge in [-0.25, -0.2) is 13.8 Å². The zero-order chi connectivity index (χ0) is 22.1. The second kappa shape index (κ2) is 10.7. The minimum absolute atomic E-state index is 0.0448. The first-order valence-electron chi connectivity index (χ1n) is 8.89. The van der Waals surface area contributed by atoms with Crippen molar-refractivity contribution in [3.8, 4) is 5.75 Å². The number of allylic oxidation sites excluding steroid dienone is 1. The number of benzene rings is 1. The average Bonchev–Trinajstić information content (AvgIpc) is 2.72. The Morgan fingerprint density at radius 3 is 2.77 bits per heavy atom. The maximum Gasteiger partial charge on any atom is 0.239 e. The van der Waals surface area contributed by atoms with Gasteiger partial charge in [-0.15, -0.1) is 0 Å². The summed E-state index contributed by atoms with van der Waals surface area (Å²) in [6, 6.07) is 1.93. The number of ether oxygens (including phenoxy) is 1. The van der Waals surface area contributed by atoms with Crippen molar-refractivity contribution >= 4 is 23.9 Å². The molecule has 160 valence electrons. The summed E-state index contributed by atoms with van der Waals surface area (Å²) in [6.07, 6.45) is 4.03. The van der Waals surface area contributed by atoms with Gasteiger partial charge in [-0.3, -0.25) is 4.79 Å². The average molecular weight is 419 g/mol. The van der Waals surface area contributed by atoms with E-state index < -0.39 is 11.6 Å². The molecule has 0 spiro atoms. The number of aromatic nitrogens is 2. The highest BCUT2D eigenvalue weighted by atomic mass is 19.1. The number of anilines is 2. The predicted octanol–water partition coefficient (Wildman–Crippen LogP) is 1.92. The number of hydrogen-bond donors (Lipinski definition) is 5. The van der Waals surface area contributed by atoms with Crippen molar-refractivity contribution in [2.75, 3.05) is 31.3 Å². The highest BCUT2D eigenvalue weighted by molar-refractivity contribution is 5.80. The van der Waals surface area contributed by atoms with Crippen LogP contribution in [0.15, 0.2) is 30.2 Å². The van der Waals surface area contributed by atoms with Crippen molar-refractivity contribution in [1.29, 1.82) is 5.41 Å². The molecule has 9 nitrogen and oxygen atoms in total. The van der Waals surface area contributed by atoms with E-state index in [1.807, 2.05) is 0 Å². The minimum Gasteiger partial charge on any atom is -0.493 e. The summed E-state index contributed by atoms with van der Waals surface area (Å²) in [4.78, 5) is 19.7. The first-order chi connectivity index (χ1) is 14.4. The number of nitrogens with one attached hydrogen (secondary N) is 5. The summed E-state index contributed by atoms with van der Waals surface area (Å²) in [6.45, 7) is 1.88. The molecule has 11 heteroatoms. The molecule has 0 aliphatic heterocycles. The van der Waals surface area contributed by atoms with Gasteiger partial charge < -0.3 is 31.4 Å². The van der Waals surface area contributed by atoms with E-state index in [0.29, 0.717) is 22.6 Å². The van der Waals surface area contributed by atoms with Gasteiger partial charge in [0.15, 0.2) is 11.6 Å². The maximum atomic E-state index is 13.9. The topological polar surface area (TPSA) is 124 Å². The maximum absolute atomic E-state index is 13.9. The number of methoxy groups -OCH3 is 1. The summed E-state index contributed by atoms with van der Waals surface area (Å²) >= 11 is 0. The van der Waals surface area contributed by atoms with Crippen LogP contribution in [0.4, 0.5) is 20.5 Å². The van der Waals surface area contributed by atoms with E-state index >= 15 is 0 Å². The number of halogens is 2. The van der Waals surface area contributed by atoms with Crippen molar-refractivity contribution in [3.05, 3.63) is 53.0 Å². The van der Waals surface area contributed by atoms with Crippen LogP contribution >= 0.6 is 0 Å². The van der Waals surface area contributed by atoms with Crippen molar-refractivity contribution in [1.82, 2.24) is 20.6 Å². The lowest BCUT2D eigenvalue weighted by Crippen LogP contribution is -2.29. The van der Waals surface area contributed by atoms with E-state index in [2.05, 4.69) is 31.2 Å². The summed E-state index contributed by atoms with van der Waals surface area (Å²) in [7, 11) is 2.83. The third kappa shape index (κ3) is 6.12. The highest BCUT2D eigenvalue weighted by Crippen LogP contribution is 2.25. The minimum atomic E-state index is -0.791. The van der Waals surface area contributed by atoms with Crippen LogP contribution in [0.1, 0.15) is 11.1 Å². The second-order valence-electron chi connectivity index (χ2n) is 6.08. The number of carbonyl (C=O) groups excluding carboxylic acids is 1. The van der Waals surface area contributed by atoms with Crippen LogP contribution in [0.3, 0.4) is 0 Å². The lowest BCUT2D eigenvalue weighted by Gasteiger charge is -2.13. The number of rotatable bonds is 10. The number of likely N-dealkylation sites (N-methyl/N-ethyl adjacent to an activating group) is 1. The molecule has 1 aromatic heterocycles. The predicted molar refractivity (Wildman–Crippen MR) is 110 cm³/mol. The van der Waals surface area contributed by atoms with Gasteiger partial charge in [0.1, 0.15) is 11.6 Å². The third-order valence-corrected chi connectivity index (χ3v) is 3.92. The summed E-state index contributed by atoms with van der Waals surface area (Å²) in [5.74, 6) is -1.14. The fourth-order valence-electron chi connectivity index (χ4n) is 2.42. The first-order valence-corrected chi connectivity index (χ1v) is 8.89. The highest BCUT2D eigenvalue weighted by Gasteiger charge is 2.13. The Labute approximate surface area is 172 Å². The summed E-state index contributed by atoms with van der Waals surface area (Å²) in [5, 5.41) is 18.5. The van der Waals surface area contributed by atoms with Gasteiger partial charge in [-0.1, -0.05) is 0 Å². The standard InChI is InChI=1S/C19H23F2N7O2/c1-11-7-26-19(27-14(6-22)9-24-10-16(29)23-2)28-18(11)25-8-12-4-13(20)5-15(21)17(12)30-3/h4-7,9,22,24H,8,10H2,1-3H3,(H,23,29)(H2,25,26,27,28)/b14-9+,22-6?. The van der Waals surface area contributed by atoms with Crippen LogP contribution < -0.4 is 26.0 Å². The van der Waals surface area contributed by atoms with E-state index in [1.165, 1.54) is 26.4 Å². The Hall–Kier alpha value is -3.76. The van der Waals surface area contributed by atoms with Crippen molar-refractivity contribution in [3.63, 3.8) is 0 Å². The van der Waals surface area contributed by atoms with Gasteiger partial charge in [0.05, 0.1) is 19.4 Å².